The largest absolute Gasteiger partial charge is 0.383 e. The molecular weight excluding hydrogens is 376 g/mol. The van der Waals surface area contributed by atoms with Gasteiger partial charge in [-0.2, -0.15) is 0 Å². The highest BCUT2D eigenvalue weighted by Gasteiger charge is 2.26. The van der Waals surface area contributed by atoms with E-state index in [1.807, 2.05) is 31.3 Å². The normalized spacial score (nSPS) is 13.1. The number of hydrogen-bond acceptors (Lipinski definition) is 4. The number of carbonyl (C=O) groups is 1. The first-order chi connectivity index (χ1) is 14.7. The molecule has 0 aliphatic heterocycles. The zero-order chi connectivity index (χ0) is 21.2. The van der Waals surface area contributed by atoms with Crippen LogP contribution in [-0.2, 0) is 14.3 Å². The van der Waals surface area contributed by atoms with Gasteiger partial charge in [-0.3, -0.25) is 4.79 Å². The van der Waals surface area contributed by atoms with E-state index in [-0.39, 0.29) is 24.5 Å². The van der Waals surface area contributed by atoms with E-state index in [0.717, 1.165) is 12.1 Å². The van der Waals surface area contributed by atoms with E-state index < -0.39 is 0 Å². The number of hydrogen-bond donors (Lipinski definition) is 2. The Morgan fingerprint density at radius 3 is 2.40 bits per heavy atom. The van der Waals surface area contributed by atoms with Crippen LogP contribution in [0.4, 0.5) is 0 Å². The molecule has 5 nitrogen and oxygen atoms in total. The van der Waals surface area contributed by atoms with Gasteiger partial charge in [0.25, 0.3) is 0 Å². The summed E-state index contributed by atoms with van der Waals surface area (Å²) < 4.78 is 11.2. The summed E-state index contributed by atoms with van der Waals surface area (Å²) >= 11 is 0. The number of amides is 1. The van der Waals surface area contributed by atoms with E-state index in [1.165, 1.54) is 16.3 Å². The van der Waals surface area contributed by atoms with Crippen molar-refractivity contribution < 1.29 is 14.3 Å². The van der Waals surface area contributed by atoms with Crippen molar-refractivity contribution in [3.05, 3.63) is 83.9 Å². The monoisotopic (exact) mass is 406 g/mol. The fourth-order valence-corrected chi connectivity index (χ4v) is 3.65. The van der Waals surface area contributed by atoms with Crippen LogP contribution in [0.15, 0.2) is 72.8 Å². The van der Waals surface area contributed by atoms with E-state index in [4.69, 9.17) is 9.47 Å². The van der Waals surface area contributed by atoms with Gasteiger partial charge in [-0.15, -0.1) is 0 Å². The van der Waals surface area contributed by atoms with E-state index in [9.17, 15) is 4.79 Å². The summed E-state index contributed by atoms with van der Waals surface area (Å²) in [6, 6.07) is 24.9. The van der Waals surface area contributed by atoms with Crippen LogP contribution in [-0.4, -0.2) is 46.4 Å². The van der Waals surface area contributed by atoms with Crippen molar-refractivity contribution in [1.29, 1.82) is 0 Å². The zero-order valence-electron chi connectivity index (χ0n) is 17.6. The van der Waals surface area contributed by atoms with Gasteiger partial charge in [-0.25, -0.2) is 0 Å². The maximum Gasteiger partial charge on any atom is 0.246 e. The number of fused-ring (bicyclic) bond motifs is 1. The summed E-state index contributed by atoms with van der Waals surface area (Å²) in [7, 11) is 3.55. The van der Waals surface area contributed by atoms with Crippen molar-refractivity contribution in [2.75, 3.05) is 40.5 Å². The van der Waals surface area contributed by atoms with Crippen molar-refractivity contribution in [1.82, 2.24) is 10.6 Å². The van der Waals surface area contributed by atoms with Gasteiger partial charge in [0.15, 0.2) is 0 Å². The van der Waals surface area contributed by atoms with Crippen LogP contribution in [0.2, 0.25) is 0 Å². The fraction of sp³-hybridized carbons (Fsp3) is 0.320. The molecule has 158 valence electrons. The smallest absolute Gasteiger partial charge is 0.246 e. The minimum Gasteiger partial charge on any atom is -0.383 e. The first-order valence-corrected chi connectivity index (χ1v) is 10.3. The molecule has 30 heavy (non-hydrogen) atoms. The van der Waals surface area contributed by atoms with Gasteiger partial charge in [0.2, 0.25) is 5.91 Å². The number of ether oxygens (including phenoxy) is 2. The summed E-state index contributed by atoms with van der Waals surface area (Å²) in [6.07, 6.45) is -0.256. The summed E-state index contributed by atoms with van der Waals surface area (Å²) in [5.74, 6) is -0.0940. The van der Waals surface area contributed by atoms with E-state index >= 15 is 0 Å². The molecule has 0 bridgehead atoms. The minimum absolute atomic E-state index is 0.00291. The van der Waals surface area contributed by atoms with Gasteiger partial charge in [0.05, 0.1) is 12.7 Å². The molecule has 0 aromatic heterocycles. The highest BCUT2D eigenvalue weighted by atomic mass is 16.5. The zero-order valence-corrected chi connectivity index (χ0v) is 17.6. The molecule has 0 spiro atoms. The number of carbonyl (C=O) groups excluding carboxylic acids is 1. The molecule has 0 saturated carbocycles. The predicted octanol–water partition coefficient (Wildman–Crippen LogP) is 3.66. The molecule has 0 aliphatic carbocycles. The Labute approximate surface area is 178 Å². The molecule has 0 fully saturated rings. The van der Waals surface area contributed by atoms with Gasteiger partial charge >= 0.3 is 0 Å². The molecule has 0 unspecified atom stereocenters. The van der Waals surface area contributed by atoms with Gasteiger partial charge in [-0.05, 0) is 28.9 Å². The summed E-state index contributed by atoms with van der Waals surface area (Å²) in [4.78, 5) is 12.2. The summed E-state index contributed by atoms with van der Waals surface area (Å²) in [6.45, 7) is 1.67. The van der Waals surface area contributed by atoms with Crippen molar-refractivity contribution in [3.63, 3.8) is 0 Å². The fourth-order valence-electron chi connectivity index (χ4n) is 3.65. The first-order valence-electron chi connectivity index (χ1n) is 10.3. The lowest BCUT2D eigenvalue weighted by molar-refractivity contribution is -0.128. The molecule has 2 N–H and O–H groups in total. The highest BCUT2D eigenvalue weighted by molar-refractivity contribution is 5.83. The van der Waals surface area contributed by atoms with Crippen molar-refractivity contribution >= 4 is 16.7 Å². The third kappa shape index (κ3) is 5.89. The molecule has 1 amide bonds. The molecule has 0 radical (unpaired) electrons. The molecule has 3 rings (SSSR count). The number of methoxy groups -OCH3 is 1. The first kappa shape index (κ1) is 22.0. The van der Waals surface area contributed by atoms with Gasteiger partial charge in [0.1, 0.15) is 6.61 Å². The Hall–Kier alpha value is -2.73. The Bertz CT molecular complexity index is 930. The summed E-state index contributed by atoms with van der Waals surface area (Å²) in [5, 5.41) is 8.52. The second-order valence-corrected chi connectivity index (χ2v) is 7.26. The van der Waals surface area contributed by atoms with Crippen LogP contribution in [0.1, 0.15) is 23.1 Å². The quantitative estimate of drug-likeness (QED) is 0.477. The van der Waals surface area contributed by atoms with Crippen LogP contribution in [0.5, 0.6) is 0 Å². The SMILES string of the molecule is CNC[C@H](c1ccc2ccccc2c1)[C@H](OCC(=O)NCCOC)c1ccccc1. The lowest BCUT2D eigenvalue weighted by atomic mass is 9.87. The predicted molar refractivity (Wildman–Crippen MR) is 121 cm³/mol. The van der Waals surface area contributed by atoms with Gasteiger partial charge in [0, 0.05) is 26.1 Å². The van der Waals surface area contributed by atoms with Crippen LogP contribution in [0, 0.1) is 0 Å². The van der Waals surface area contributed by atoms with E-state index in [1.54, 1.807) is 7.11 Å². The van der Waals surface area contributed by atoms with Crippen molar-refractivity contribution in [2.45, 2.75) is 12.0 Å². The van der Waals surface area contributed by atoms with Crippen LogP contribution in [0.25, 0.3) is 10.8 Å². The molecule has 0 aliphatic rings. The topological polar surface area (TPSA) is 59.6 Å². The third-order valence-corrected chi connectivity index (χ3v) is 5.14. The van der Waals surface area contributed by atoms with Crippen LogP contribution < -0.4 is 10.6 Å². The van der Waals surface area contributed by atoms with Crippen molar-refractivity contribution in [2.24, 2.45) is 0 Å². The minimum atomic E-state index is -0.256. The molecule has 0 saturated heterocycles. The molecule has 3 aromatic rings. The maximum atomic E-state index is 12.2. The van der Waals surface area contributed by atoms with Crippen molar-refractivity contribution in [3.8, 4) is 0 Å². The van der Waals surface area contributed by atoms with Gasteiger partial charge in [-0.1, -0.05) is 72.8 Å². The second-order valence-electron chi connectivity index (χ2n) is 7.26. The van der Waals surface area contributed by atoms with Gasteiger partial charge < -0.3 is 20.1 Å². The number of likely N-dealkylation sites (N-methyl/N-ethyl adjacent to an activating group) is 1. The average molecular weight is 407 g/mol. The maximum absolute atomic E-state index is 12.2. The third-order valence-electron chi connectivity index (χ3n) is 5.14. The lowest BCUT2D eigenvalue weighted by Crippen LogP contribution is -2.32. The van der Waals surface area contributed by atoms with E-state index in [2.05, 4.69) is 59.2 Å². The van der Waals surface area contributed by atoms with E-state index in [0.29, 0.717) is 13.2 Å². The number of nitrogens with one attached hydrogen (secondary N) is 2. The second kappa shape index (κ2) is 11.5. The Balaban J connectivity index is 1.86. The Kier molecular flexibility index (Phi) is 8.39. The van der Waals surface area contributed by atoms with Crippen LogP contribution in [0.3, 0.4) is 0 Å². The number of rotatable bonds is 11. The lowest BCUT2D eigenvalue weighted by Gasteiger charge is -2.28. The average Bonchev–Trinajstić information content (AvgIpc) is 2.79. The molecule has 5 heteroatoms. The van der Waals surface area contributed by atoms with Crippen LogP contribution >= 0.6 is 0 Å². The standard InChI is InChI=1S/C25H30N2O3/c1-26-17-23(22-13-12-19-8-6-7-11-21(19)16-22)25(20-9-4-3-5-10-20)30-18-24(28)27-14-15-29-2/h3-13,16,23,25-26H,14-15,17-18H2,1-2H3,(H,27,28)/t23-,25-/m1/s1. The Morgan fingerprint density at radius 1 is 0.933 bits per heavy atom. The molecule has 0 heterocycles. The Morgan fingerprint density at radius 2 is 1.67 bits per heavy atom. The molecule has 2 atom stereocenters. The molecular formula is C25H30N2O3. The summed E-state index contributed by atoms with van der Waals surface area (Å²) in [5.41, 5.74) is 2.23. The highest BCUT2D eigenvalue weighted by Crippen LogP contribution is 2.35. The number of benzene rings is 3. The molecule has 3 aromatic carbocycles.